The van der Waals surface area contributed by atoms with Crippen molar-refractivity contribution < 1.29 is 23.8 Å². The normalized spacial score (nSPS) is 14.1. The van der Waals surface area contributed by atoms with Crippen LogP contribution in [0.25, 0.3) is 6.08 Å². The number of carbonyl (C=O) groups is 2. The van der Waals surface area contributed by atoms with Crippen LogP contribution in [0.1, 0.15) is 28.4 Å². The van der Waals surface area contributed by atoms with E-state index >= 15 is 0 Å². The molecule has 0 saturated carbocycles. The molecule has 11 heteroatoms. The molecule has 1 saturated heterocycles. The number of carbonyl (C=O) groups excluding carboxylic acids is 2. The fourth-order valence-electron chi connectivity index (χ4n) is 3.43. The van der Waals surface area contributed by atoms with Crippen LogP contribution in [0.2, 0.25) is 5.02 Å². The Morgan fingerprint density at radius 3 is 2.50 bits per heavy atom. The first-order valence-corrected chi connectivity index (χ1v) is 14.0. The van der Waals surface area contributed by atoms with Crippen LogP contribution in [0.5, 0.6) is 17.2 Å². The summed E-state index contributed by atoms with van der Waals surface area (Å²) in [6.07, 6.45) is 1.71. The van der Waals surface area contributed by atoms with Crippen LogP contribution < -0.4 is 19.6 Å². The quantitative estimate of drug-likeness (QED) is 0.158. The Morgan fingerprint density at radius 1 is 1.13 bits per heavy atom. The van der Waals surface area contributed by atoms with Gasteiger partial charge in [-0.15, -0.1) is 0 Å². The number of methoxy groups -OCH3 is 1. The van der Waals surface area contributed by atoms with Gasteiger partial charge in [0.25, 0.3) is 11.8 Å². The fourth-order valence-corrected chi connectivity index (χ4v) is 5.52. The van der Waals surface area contributed by atoms with Crippen LogP contribution >= 0.6 is 58.2 Å². The lowest BCUT2D eigenvalue weighted by atomic mass is 10.1. The van der Waals surface area contributed by atoms with Gasteiger partial charge in [0.2, 0.25) is 0 Å². The SMILES string of the molecule is CCOc1cc(/C=C2/SC(=S)N(NC(=O)c3ccc(OC)cc3)C2=O)cc(I)c1OCc1ccc(Cl)cc1. The fraction of sp³-hybridized carbons (Fsp3) is 0.148. The molecule has 3 aromatic rings. The molecule has 3 aromatic carbocycles. The number of thioether (sulfide) groups is 1. The minimum atomic E-state index is -0.458. The van der Waals surface area contributed by atoms with Gasteiger partial charge in [0.05, 0.1) is 22.2 Å². The van der Waals surface area contributed by atoms with Crippen LogP contribution in [-0.2, 0) is 11.4 Å². The zero-order chi connectivity index (χ0) is 27.2. The second-order valence-electron chi connectivity index (χ2n) is 7.86. The lowest BCUT2D eigenvalue weighted by molar-refractivity contribution is -0.123. The predicted octanol–water partition coefficient (Wildman–Crippen LogP) is 6.48. The van der Waals surface area contributed by atoms with Crippen molar-refractivity contribution in [1.29, 1.82) is 0 Å². The van der Waals surface area contributed by atoms with Gasteiger partial charge in [-0.3, -0.25) is 15.0 Å². The molecule has 7 nitrogen and oxygen atoms in total. The average molecular weight is 681 g/mol. The van der Waals surface area contributed by atoms with Gasteiger partial charge in [-0.2, -0.15) is 5.01 Å². The molecule has 1 heterocycles. The van der Waals surface area contributed by atoms with Gasteiger partial charge < -0.3 is 14.2 Å². The van der Waals surface area contributed by atoms with E-state index < -0.39 is 11.8 Å². The van der Waals surface area contributed by atoms with Crippen molar-refractivity contribution in [3.05, 3.63) is 90.9 Å². The van der Waals surface area contributed by atoms with E-state index in [2.05, 4.69) is 28.0 Å². The predicted molar refractivity (Wildman–Crippen MR) is 162 cm³/mol. The monoisotopic (exact) mass is 680 g/mol. The van der Waals surface area contributed by atoms with Gasteiger partial charge in [0.15, 0.2) is 15.8 Å². The molecular weight excluding hydrogens is 659 g/mol. The Labute approximate surface area is 248 Å². The smallest absolute Gasteiger partial charge is 0.285 e. The van der Waals surface area contributed by atoms with Gasteiger partial charge in [-0.25, -0.2) is 0 Å². The molecule has 38 heavy (non-hydrogen) atoms. The summed E-state index contributed by atoms with van der Waals surface area (Å²) >= 11 is 14.6. The van der Waals surface area contributed by atoms with E-state index in [1.807, 2.05) is 43.3 Å². The molecule has 0 atom stereocenters. The number of rotatable bonds is 9. The number of halogens is 2. The second kappa shape index (κ2) is 12.8. The molecule has 0 spiro atoms. The van der Waals surface area contributed by atoms with Crippen LogP contribution in [0.15, 0.2) is 65.6 Å². The summed E-state index contributed by atoms with van der Waals surface area (Å²) in [5, 5.41) is 1.74. The van der Waals surface area contributed by atoms with Crippen LogP contribution in [0.3, 0.4) is 0 Å². The van der Waals surface area contributed by atoms with Gasteiger partial charge in [-0.1, -0.05) is 35.5 Å². The molecule has 0 unspecified atom stereocenters. The summed E-state index contributed by atoms with van der Waals surface area (Å²) in [4.78, 5) is 26.1. The number of ether oxygens (including phenoxy) is 3. The van der Waals surface area contributed by atoms with Gasteiger partial charge >= 0.3 is 0 Å². The largest absolute Gasteiger partial charge is 0.497 e. The number of thiocarbonyl (C=S) groups is 1. The molecule has 196 valence electrons. The number of nitrogens with one attached hydrogen (secondary N) is 1. The molecule has 0 radical (unpaired) electrons. The summed E-state index contributed by atoms with van der Waals surface area (Å²) in [6, 6.07) is 17.7. The van der Waals surface area contributed by atoms with Crippen molar-refractivity contribution in [1.82, 2.24) is 10.4 Å². The number of nitrogens with zero attached hydrogens (tertiary/aromatic N) is 1. The van der Waals surface area contributed by atoms with E-state index in [0.29, 0.717) is 46.0 Å². The number of hydrogen-bond acceptors (Lipinski definition) is 7. The Bertz CT molecular complexity index is 1400. The summed E-state index contributed by atoms with van der Waals surface area (Å²) in [7, 11) is 1.54. The van der Waals surface area contributed by atoms with Gasteiger partial charge in [-0.05, 0) is 107 Å². The van der Waals surface area contributed by atoms with Crippen molar-refractivity contribution in [3.8, 4) is 17.2 Å². The summed E-state index contributed by atoms with van der Waals surface area (Å²) in [6.45, 7) is 2.68. The number of hydrogen-bond donors (Lipinski definition) is 1. The maximum Gasteiger partial charge on any atom is 0.285 e. The van der Waals surface area contributed by atoms with Crippen LogP contribution in [0, 0.1) is 3.57 Å². The van der Waals surface area contributed by atoms with E-state index in [0.717, 1.165) is 31.5 Å². The first-order valence-electron chi connectivity index (χ1n) is 11.4. The Kier molecular flexibility index (Phi) is 9.53. The van der Waals surface area contributed by atoms with Crippen molar-refractivity contribution in [2.75, 3.05) is 13.7 Å². The molecule has 0 aromatic heterocycles. The van der Waals surface area contributed by atoms with E-state index in [1.165, 1.54) is 0 Å². The molecule has 0 aliphatic carbocycles. The molecule has 1 aliphatic heterocycles. The lowest BCUT2D eigenvalue weighted by Crippen LogP contribution is -2.44. The number of amides is 2. The summed E-state index contributed by atoms with van der Waals surface area (Å²) < 4.78 is 18.1. The highest BCUT2D eigenvalue weighted by molar-refractivity contribution is 14.1. The molecular formula is C27H22ClIN2O5S2. The van der Waals surface area contributed by atoms with Crippen LogP contribution in [0.4, 0.5) is 0 Å². The van der Waals surface area contributed by atoms with Crippen molar-refractivity contribution in [3.63, 3.8) is 0 Å². The molecule has 2 amide bonds. The Hall–Kier alpha value is -2.80. The van der Waals surface area contributed by atoms with Crippen molar-refractivity contribution >= 4 is 80.4 Å². The minimum Gasteiger partial charge on any atom is -0.497 e. The highest BCUT2D eigenvalue weighted by Gasteiger charge is 2.34. The highest BCUT2D eigenvalue weighted by Crippen LogP contribution is 2.37. The molecule has 1 fully saturated rings. The maximum absolute atomic E-state index is 13.1. The zero-order valence-corrected chi connectivity index (χ0v) is 24.9. The minimum absolute atomic E-state index is 0.228. The standard InChI is InChI=1S/C27H22ClIN2O5S2/c1-3-35-22-13-17(12-21(29)24(22)36-15-16-4-8-19(28)9-5-16)14-23-26(33)31(27(37)38-23)30-25(32)18-6-10-20(34-2)11-7-18/h4-14H,3,15H2,1-2H3,(H,30,32)/b23-14+. The molecule has 1 N–H and O–H groups in total. The topological polar surface area (TPSA) is 77.1 Å². The third kappa shape index (κ3) is 6.79. The van der Waals surface area contributed by atoms with E-state index in [1.54, 1.807) is 37.5 Å². The number of benzene rings is 3. The third-order valence-electron chi connectivity index (χ3n) is 5.29. The van der Waals surface area contributed by atoms with Crippen molar-refractivity contribution in [2.45, 2.75) is 13.5 Å². The Balaban J connectivity index is 1.51. The van der Waals surface area contributed by atoms with E-state index in [9.17, 15) is 9.59 Å². The zero-order valence-electron chi connectivity index (χ0n) is 20.3. The maximum atomic E-state index is 13.1. The third-order valence-corrected chi connectivity index (χ3v) is 7.64. The van der Waals surface area contributed by atoms with Crippen LogP contribution in [-0.4, -0.2) is 34.9 Å². The van der Waals surface area contributed by atoms with Crippen molar-refractivity contribution in [2.24, 2.45) is 0 Å². The van der Waals surface area contributed by atoms with Gasteiger partial charge in [0.1, 0.15) is 12.4 Å². The number of hydrazine groups is 1. The van der Waals surface area contributed by atoms with E-state index in [-0.39, 0.29) is 4.32 Å². The molecule has 4 rings (SSSR count). The Morgan fingerprint density at radius 2 is 1.84 bits per heavy atom. The first-order chi connectivity index (χ1) is 18.3. The van der Waals surface area contributed by atoms with Gasteiger partial charge in [0, 0.05) is 10.6 Å². The molecule has 1 aliphatic rings. The molecule has 0 bridgehead atoms. The lowest BCUT2D eigenvalue weighted by Gasteiger charge is -2.16. The second-order valence-corrected chi connectivity index (χ2v) is 11.1. The average Bonchev–Trinajstić information content (AvgIpc) is 3.16. The van der Waals surface area contributed by atoms with E-state index in [4.69, 9.17) is 38.0 Å². The highest BCUT2D eigenvalue weighted by atomic mass is 127. The summed E-state index contributed by atoms with van der Waals surface area (Å²) in [5.41, 5.74) is 4.66. The summed E-state index contributed by atoms with van der Waals surface area (Å²) in [5.74, 6) is 0.915. The first kappa shape index (κ1) is 28.2.